The van der Waals surface area contributed by atoms with Gasteiger partial charge in [0.1, 0.15) is 0 Å². The van der Waals surface area contributed by atoms with Crippen LogP contribution in [0.15, 0.2) is 150 Å². The van der Waals surface area contributed by atoms with Crippen LogP contribution in [0.4, 0.5) is 37.7 Å². The molecule has 0 spiro atoms. The number of aryl methyl sites for hydroxylation is 3. The quantitative estimate of drug-likeness (QED) is 0.0708. The molecule has 1 saturated carbocycles. The third kappa shape index (κ3) is 9.94. The molecule has 2 atom stereocenters. The molecular weight excluding hydrogens is 965 g/mol. The highest BCUT2D eigenvalue weighted by molar-refractivity contribution is 7.89. The Bertz CT molecular complexity index is 3400. The van der Waals surface area contributed by atoms with Crippen molar-refractivity contribution in [1.82, 2.24) is 23.8 Å². The number of nitrogens with zero attached hydrogens (tertiary/aromatic N) is 4. The molecule has 9 rings (SSSR count). The molecule has 374 valence electrons. The summed E-state index contributed by atoms with van der Waals surface area (Å²) in [6, 6.07) is 35.2. The van der Waals surface area contributed by atoms with Gasteiger partial charge in [-0.2, -0.15) is 26.3 Å². The van der Waals surface area contributed by atoms with E-state index in [2.05, 4.69) is 25.3 Å². The van der Waals surface area contributed by atoms with E-state index in [1.165, 1.54) is 118 Å². The van der Waals surface area contributed by atoms with Gasteiger partial charge in [0.25, 0.3) is 11.8 Å². The van der Waals surface area contributed by atoms with Gasteiger partial charge in [0.15, 0.2) is 11.6 Å². The van der Waals surface area contributed by atoms with Gasteiger partial charge in [0.05, 0.1) is 27.0 Å². The third-order valence-corrected chi connectivity index (χ3v) is 13.6. The van der Waals surface area contributed by atoms with E-state index >= 15 is 0 Å². The Morgan fingerprint density at radius 1 is 0.597 bits per heavy atom. The molecule has 5 N–H and O–H groups in total. The van der Waals surface area contributed by atoms with Crippen molar-refractivity contribution in [3.63, 3.8) is 0 Å². The summed E-state index contributed by atoms with van der Waals surface area (Å²) in [5, 5.41) is 27.5. The average molecular weight is 1010 g/mol. The Balaban J connectivity index is 0.000000195. The molecule has 0 bridgehead atoms. The zero-order chi connectivity index (χ0) is 51.8. The first-order chi connectivity index (χ1) is 34.1. The lowest BCUT2D eigenvalue weighted by Crippen LogP contribution is -2.45. The standard InChI is InChI=1S/C27H25F3N4O4S.C25H22F3N3O2/c1-2-34-23-16-17(24(35)31-19-11-13-21(14-12-19)39(37,38)33-20-9-10-20)8-15-22(23)32-25(34)26(36,27(28,29)30)18-6-4-3-5-7-18;1-3-31-21-15-17(22(32)29-19-11-7-8-16(2)14-19)12-13-20(21)30-23(31)24(33,25(26,27)28)18-9-5-4-6-10-18/h3-8,11-16,20,33,36H,2,9-10H2,1H3,(H,31,35);4-15,33H,3H2,1-2H3,(H,29,32). The van der Waals surface area contributed by atoms with Gasteiger partial charge in [-0.25, -0.2) is 23.1 Å². The Morgan fingerprint density at radius 2 is 1.04 bits per heavy atom. The maximum absolute atomic E-state index is 14.3. The number of aliphatic hydroxyl groups is 2. The zero-order valence-electron chi connectivity index (χ0n) is 38.8. The number of benzene rings is 6. The molecule has 0 radical (unpaired) electrons. The highest BCUT2D eigenvalue weighted by atomic mass is 32.2. The van der Waals surface area contributed by atoms with Crippen molar-refractivity contribution in [3.8, 4) is 0 Å². The summed E-state index contributed by atoms with van der Waals surface area (Å²) in [7, 11) is -3.64. The molecule has 2 unspecified atom stereocenters. The smallest absolute Gasteiger partial charge is 0.370 e. The number of amides is 2. The normalized spacial score (nSPS) is 14.8. The first-order valence-corrected chi connectivity index (χ1v) is 24.1. The van der Waals surface area contributed by atoms with Crippen molar-refractivity contribution in [2.75, 3.05) is 10.6 Å². The van der Waals surface area contributed by atoms with Crippen LogP contribution in [0.5, 0.6) is 0 Å². The van der Waals surface area contributed by atoms with Crippen LogP contribution in [-0.2, 0) is 34.3 Å². The van der Waals surface area contributed by atoms with Gasteiger partial charge in [-0.05, 0) is 112 Å². The summed E-state index contributed by atoms with van der Waals surface area (Å²) in [6.45, 7) is 5.34. The molecule has 0 aliphatic heterocycles. The fourth-order valence-corrected chi connectivity index (χ4v) is 9.56. The van der Waals surface area contributed by atoms with Gasteiger partial charge in [-0.3, -0.25) is 9.59 Å². The Kier molecular flexibility index (Phi) is 13.9. The van der Waals surface area contributed by atoms with E-state index in [1.54, 1.807) is 32.0 Å². The van der Waals surface area contributed by atoms with E-state index in [1.807, 2.05) is 25.1 Å². The highest BCUT2D eigenvalue weighted by Crippen LogP contribution is 2.46. The molecule has 8 aromatic rings. The molecule has 0 saturated heterocycles. The van der Waals surface area contributed by atoms with Gasteiger partial charge < -0.3 is 30.0 Å². The summed E-state index contributed by atoms with van der Waals surface area (Å²) < 4.78 is 116. The number of fused-ring (bicyclic) bond motifs is 2. The molecule has 13 nitrogen and oxygen atoms in total. The van der Waals surface area contributed by atoms with Crippen LogP contribution in [0, 0.1) is 6.92 Å². The number of hydrogen-bond donors (Lipinski definition) is 5. The number of rotatable bonds is 13. The zero-order valence-corrected chi connectivity index (χ0v) is 39.6. The van der Waals surface area contributed by atoms with Gasteiger partial charge in [-0.1, -0.05) is 72.8 Å². The van der Waals surface area contributed by atoms with E-state index in [0.29, 0.717) is 16.9 Å². The molecule has 2 amide bonds. The summed E-state index contributed by atoms with van der Waals surface area (Å²) >= 11 is 0. The molecule has 2 heterocycles. The molecule has 1 aliphatic rings. The largest absolute Gasteiger partial charge is 0.428 e. The van der Waals surface area contributed by atoms with Crippen LogP contribution in [0.3, 0.4) is 0 Å². The second-order valence-corrected chi connectivity index (χ2v) is 18.8. The van der Waals surface area contributed by atoms with Crippen LogP contribution in [-0.4, -0.2) is 67.9 Å². The lowest BCUT2D eigenvalue weighted by molar-refractivity contribution is -0.252. The number of nitrogens with one attached hydrogen (secondary N) is 3. The number of alkyl halides is 6. The molecule has 6 aromatic carbocycles. The maximum Gasteiger partial charge on any atom is 0.428 e. The van der Waals surface area contributed by atoms with E-state index < -0.39 is 57.0 Å². The topological polar surface area (TPSA) is 180 Å². The van der Waals surface area contributed by atoms with Crippen molar-refractivity contribution in [1.29, 1.82) is 0 Å². The van der Waals surface area contributed by atoms with E-state index in [0.717, 1.165) is 18.4 Å². The lowest BCUT2D eigenvalue weighted by Gasteiger charge is -2.30. The Labute approximate surface area is 409 Å². The van der Waals surface area contributed by atoms with Crippen LogP contribution < -0.4 is 15.4 Å². The van der Waals surface area contributed by atoms with E-state index in [9.17, 15) is 54.6 Å². The van der Waals surface area contributed by atoms with Gasteiger partial charge in [-0.15, -0.1) is 0 Å². The highest BCUT2D eigenvalue weighted by Gasteiger charge is 2.60. The van der Waals surface area contributed by atoms with Gasteiger partial charge >= 0.3 is 12.4 Å². The Hall–Kier alpha value is -7.39. The van der Waals surface area contributed by atoms with Crippen molar-refractivity contribution in [2.45, 2.75) is 81.2 Å². The number of sulfonamides is 1. The van der Waals surface area contributed by atoms with E-state index in [-0.39, 0.29) is 62.8 Å². The van der Waals surface area contributed by atoms with Crippen molar-refractivity contribution < 1.29 is 54.6 Å². The Morgan fingerprint density at radius 3 is 1.44 bits per heavy atom. The van der Waals surface area contributed by atoms with Crippen molar-refractivity contribution in [3.05, 3.63) is 185 Å². The fraction of sp³-hybridized carbons (Fsp3) is 0.231. The summed E-state index contributed by atoms with van der Waals surface area (Å²) in [6.07, 6.45) is -8.49. The van der Waals surface area contributed by atoms with Crippen molar-refractivity contribution >= 4 is 55.3 Å². The number of carbonyl (C=O) groups excluding carboxylic acids is 2. The van der Waals surface area contributed by atoms with Crippen LogP contribution in [0.25, 0.3) is 22.1 Å². The first-order valence-electron chi connectivity index (χ1n) is 22.6. The molecule has 1 aliphatic carbocycles. The van der Waals surface area contributed by atoms with Crippen LogP contribution >= 0.6 is 0 Å². The van der Waals surface area contributed by atoms with Gasteiger partial charge in [0, 0.05) is 52.8 Å². The van der Waals surface area contributed by atoms with Crippen LogP contribution in [0.1, 0.15) is 75.7 Å². The number of imidazole rings is 2. The average Bonchev–Trinajstić information content (AvgIpc) is 3.96. The van der Waals surface area contributed by atoms with E-state index in [4.69, 9.17) is 0 Å². The minimum atomic E-state index is -5.07. The summed E-state index contributed by atoms with van der Waals surface area (Å²) in [4.78, 5) is 34.1. The molecule has 2 aromatic heterocycles. The predicted molar refractivity (Wildman–Crippen MR) is 259 cm³/mol. The van der Waals surface area contributed by atoms with Crippen LogP contribution in [0.2, 0.25) is 0 Å². The monoisotopic (exact) mass is 1010 g/mol. The maximum atomic E-state index is 14.3. The predicted octanol–water partition coefficient (Wildman–Crippen LogP) is 9.96. The summed E-state index contributed by atoms with van der Waals surface area (Å²) in [5.74, 6) is -2.10. The number of halogens is 6. The number of aromatic nitrogens is 4. The first kappa shape index (κ1) is 51.0. The molecule has 20 heteroatoms. The second kappa shape index (κ2) is 19.7. The molecule has 72 heavy (non-hydrogen) atoms. The van der Waals surface area contributed by atoms with Gasteiger partial charge in [0.2, 0.25) is 21.2 Å². The minimum absolute atomic E-state index is 0.0406. The lowest BCUT2D eigenvalue weighted by atomic mass is 9.92. The summed E-state index contributed by atoms with van der Waals surface area (Å²) in [5.41, 5.74) is -4.07. The fourth-order valence-electron chi connectivity index (χ4n) is 8.25. The minimum Gasteiger partial charge on any atom is -0.370 e. The second-order valence-electron chi connectivity index (χ2n) is 17.1. The number of hydrogen-bond acceptors (Lipinski definition) is 8. The molecular formula is C52H47F6N7O6S. The SMILES string of the molecule is CCn1c(C(O)(c2ccccc2)C(F)(F)F)nc2ccc(C(=O)Nc3ccc(S(=O)(=O)NC4CC4)cc3)cc21.CCn1c(C(O)(c2ccccc2)C(F)(F)F)nc2ccc(C(=O)Nc3cccc(C)c3)cc21. The van der Waals surface area contributed by atoms with Crippen molar-refractivity contribution in [2.24, 2.45) is 0 Å². The number of carbonyl (C=O) groups is 2. The molecule has 1 fully saturated rings. The number of anilines is 2. The third-order valence-electron chi connectivity index (χ3n) is 12.1.